The van der Waals surface area contributed by atoms with Crippen molar-refractivity contribution in [1.82, 2.24) is 14.7 Å². The van der Waals surface area contributed by atoms with Gasteiger partial charge in [0.2, 0.25) is 0 Å². The molecule has 1 aliphatic rings. The molecule has 9 nitrogen and oxygen atoms in total. The molecule has 0 aliphatic carbocycles. The highest BCUT2D eigenvalue weighted by molar-refractivity contribution is 6.04. The van der Waals surface area contributed by atoms with Crippen molar-refractivity contribution in [2.45, 2.75) is 45.3 Å². The van der Waals surface area contributed by atoms with Crippen LogP contribution in [0.3, 0.4) is 0 Å². The van der Waals surface area contributed by atoms with Crippen molar-refractivity contribution in [1.29, 1.82) is 0 Å². The number of nitrogens with zero attached hydrogens (tertiary/aromatic N) is 3. The molecule has 154 valence electrons. The van der Waals surface area contributed by atoms with Crippen LogP contribution in [0, 0.1) is 0 Å². The standard InChI is InChI=1S/C20H24N4O5/c1-13(19(27)23-10-6-2-3-7-11-23)29-16(25)12-24-20(28)15-9-5-4-8-14(15)17(22-24)18(21)26/h4-5,8-9,13H,2-3,6-7,10-12H2,1H3,(H2,21,26)/t13-/m1/s1. The highest BCUT2D eigenvalue weighted by Crippen LogP contribution is 2.14. The van der Waals surface area contributed by atoms with E-state index < -0.39 is 30.1 Å². The lowest BCUT2D eigenvalue weighted by atomic mass is 10.1. The van der Waals surface area contributed by atoms with Crippen LogP contribution < -0.4 is 11.3 Å². The fourth-order valence-electron chi connectivity index (χ4n) is 3.48. The second-order valence-electron chi connectivity index (χ2n) is 7.09. The maximum absolute atomic E-state index is 12.6. The third-order valence-corrected chi connectivity index (χ3v) is 4.95. The van der Waals surface area contributed by atoms with Crippen LogP contribution >= 0.6 is 0 Å². The maximum Gasteiger partial charge on any atom is 0.328 e. The SMILES string of the molecule is C[C@@H](OC(=O)Cn1nc(C(N)=O)c2ccccc2c1=O)C(=O)N1CCCCCC1. The zero-order valence-electron chi connectivity index (χ0n) is 16.3. The number of ether oxygens (including phenoxy) is 1. The Hall–Kier alpha value is -3.23. The van der Waals surface area contributed by atoms with Crippen LogP contribution in [-0.4, -0.2) is 51.7 Å². The number of carbonyl (C=O) groups is 3. The van der Waals surface area contributed by atoms with Gasteiger partial charge < -0.3 is 15.4 Å². The molecule has 2 heterocycles. The van der Waals surface area contributed by atoms with Crippen molar-refractivity contribution >= 4 is 28.6 Å². The van der Waals surface area contributed by atoms with Gasteiger partial charge >= 0.3 is 5.97 Å². The number of fused-ring (bicyclic) bond motifs is 1. The summed E-state index contributed by atoms with van der Waals surface area (Å²) in [5.41, 5.74) is 4.71. The summed E-state index contributed by atoms with van der Waals surface area (Å²) in [4.78, 5) is 50.9. The summed E-state index contributed by atoms with van der Waals surface area (Å²) in [7, 11) is 0. The molecular weight excluding hydrogens is 376 g/mol. The Morgan fingerprint density at radius 2 is 1.72 bits per heavy atom. The lowest BCUT2D eigenvalue weighted by Crippen LogP contribution is -2.41. The molecular formula is C20H24N4O5. The molecule has 1 atom stereocenters. The number of aromatic nitrogens is 2. The molecule has 0 spiro atoms. The second-order valence-corrected chi connectivity index (χ2v) is 7.09. The molecule has 0 unspecified atom stereocenters. The van der Waals surface area contributed by atoms with Gasteiger partial charge in [0.05, 0.1) is 5.39 Å². The molecule has 2 amide bonds. The number of amides is 2. The number of carbonyl (C=O) groups excluding carboxylic acids is 3. The molecule has 9 heteroatoms. The molecule has 2 aromatic rings. The van der Waals surface area contributed by atoms with Crippen molar-refractivity contribution in [2.24, 2.45) is 5.73 Å². The predicted molar refractivity (Wildman–Crippen MR) is 105 cm³/mol. The first-order valence-corrected chi connectivity index (χ1v) is 9.66. The van der Waals surface area contributed by atoms with E-state index >= 15 is 0 Å². The molecule has 3 rings (SSSR count). The molecule has 2 N–H and O–H groups in total. The van der Waals surface area contributed by atoms with Crippen molar-refractivity contribution < 1.29 is 19.1 Å². The third-order valence-electron chi connectivity index (χ3n) is 4.95. The maximum atomic E-state index is 12.6. The first-order valence-electron chi connectivity index (χ1n) is 9.66. The van der Waals surface area contributed by atoms with Crippen molar-refractivity contribution in [3.63, 3.8) is 0 Å². The van der Waals surface area contributed by atoms with Crippen molar-refractivity contribution in [3.05, 3.63) is 40.3 Å². The Bertz CT molecular complexity index is 992. The number of rotatable bonds is 5. The van der Waals surface area contributed by atoms with E-state index in [0.29, 0.717) is 18.5 Å². The number of esters is 1. The lowest BCUT2D eigenvalue weighted by Gasteiger charge is -2.24. The molecule has 0 saturated carbocycles. The molecule has 1 saturated heterocycles. The Balaban J connectivity index is 1.75. The monoisotopic (exact) mass is 400 g/mol. The molecule has 0 radical (unpaired) electrons. The van der Waals surface area contributed by atoms with Crippen molar-refractivity contribution in [3.8, 4) is 0 Å². The molecule has 1 aromatic carbocycles. The Morgan fingerprint density at radius 3 is 2.34 bits per heavy atom. The Kier molecular flexibility index (Phi) is 6.26. The van der Waals surface area contributed by atoms with Crippen molar-refractivity contribution in [2.75, 3.05) is 13.1 Å². The van der Waals surface area contributed by atoms with E-state index in [2.05, 4.69) is 5.10 Å². The topological polar surface area (TPSA) is 125 Å². The summed E-state index contributed by atoms with van der Waals surface area (Å²) in [6.45, 7) is 2.28. The Morgan fingerprint density at radius 1 is 1.10 bits per heavy atom. The van der Waals surface area contributed by atoms with E-state index in [4.69, 9.17) is 10.5 Å². The summed E-state index contributed by atoms with van der Waals surface area (Å²) >= 11 is 0. The highest BCUT2D eigenvalue weighted by Gasteiger charge is 2.25. The largest absolute Gasteiger partial charge is 0.451 e. The summed E-state index contributed by atoms with van der Waals surface area (Å²) < 4.78 is 6.07. The molecule has 0 bridgehead atoms. The van der Waals surface area contributed by atoms with E-state index in [-0.39, 0.29) is 17.0 Å². The fraction of sp³-hybridized carbons (Fsp3) is 0.450. The Labute approximate surface area is 167 Å². The van der Waals surface area contributed by atoms with Crippen LogP contribution in [-0.2, 0) is 20.9 Å². The fourth-order valence-corrected chi connectivity index (χ4v) is 3.48. The minimum Gasteiger partial charge on any atom is -0.451 e. The smallest absolute Gasteiger partial charge is 0.328 e. The van der Waals surface area contributed by atoms with Crippen LogP contribution in [0.2, 0.25) is 0 Å². The van der Waals surface area contributed by atoms with Crippen LogP contribution in [0.15, 0.2) is 29.1 Å². The van der Waals surface area contributed by atoms with E-state index in [1.165, 1.54) is 13.0 Å². The van der Waals surface area contributed by atoms with Crippen LogP contribution in [0.5, 0.6) is 0 Å². The van der Waals surface area contributed by atoms with Gasteiger partial charge in [-0.2, -0.15) is 5.10 Å². The normalized spacial score (nSPS) is 15.6. The van der Waals surface area contributed by atoms with Gasteiger partial charge in [0.15, 0.2) is 11.8 Å². The highest BCUT2D eigenvalue weighted by atomic mass is 16.5. The molecule has 1 aromatic heterocycles. The van der Waals surface area contributed by atoms with Crippen LogP contribution in [0.4, 0.5) is 0 Å². The third kappa shape index (κ3) is 4.61. The van der Waals surface area contributed by atoms with Gasteiger partial charge in [-0.3, -0.25) is 19.2 Å². The zero-order valence-corrected chi connectivity index (χ0v) is 16.3. The summed E-state index contributed by atoms with van der Waals surface area (Å²) in [5, 5.41) is 4.47. The van der Waals surface area contributed by atoms with E-state index in [9.17, 15) is 19.2 Å². The number of nitrogens with two attached hydrogens (primary N) is 1. The van der Waals surface area contributed by atoms with Crippen LogP contribution in [0.1, 0.15) is 43.1 Å². The molecule has 1 aliphatic heterocycles. The number of hydrogen-bond donors (Lipinski definition) is 1. The predicted octanol–water partition coefficient (Wildman–Crippen LogP) is 0.830. The number of hydrogen-bond acceptors (Lipinski definition) is 6. The minimum atomic E-state index is -0.965. The van der Waals surface area contributed by atoms with Gasteiger partial charge in [-0.1, -0.05) is 31.0 Å². The summed E-state index contributed by atoms with van der Waals surface area (Å²) in [5.74, 6) is -1.86. The van der Waals surface area contributed by atoms with E-state index in [1.807, 2.05) is 0 Å². The van der Waals surface area contributed by atoms with Gasteiger partial charge in [-0.15, -0.1) is 0 Å². The lowest BCUT2D eigenvalue weighted by molar-refractivity contribution is -0.159. The minimum absolute atomic E-state index is 0.110. The number of likely N-dealkylation sites (tertiary alicyclic amines) is 1. The summed E-state index contributed by atoms with van der Waals surface area (Å²) in [6, 6.07) is 6.39. The second kappa shape index (κ2) is 8.85. The van der Waals surface area contributed by atoms with Gasteiger partial charge in [0.1, 0.15) is 6.54 Å². The summed E-state index contributed by atoms with van der Waals surface area (Å²) in [6.07, 6.45) is 3.05. The van der Waals surface area contributed by atoms with E-state index in [1.54, 1.807) is 23.1 Å². The van der Waals surface area contributed by atoms with Gasteiger partial charge in [-0.25, -0.2) is 4.68 Å². The first kappa shape index (κ1) is 20.5. The zero-order chi connectivity index (χ0) is 21.0. The number of primary amides is 1. The average Bonchev–Trinajstić information content (AvgIpc) is 2.98. The molecule has 29 heavy (non-hydrogen) atoms. The average molecular weight is 400 g/mol. The van der Waals surface area contributed by atoms with Gasteiger partial charge in [0.25, 0.3) is 17.4 Å². The molecule has 1 fully saturated rings. The van der Waals surface area contributed by atoms with Gasteiger partial charge in [-0.05, 0) is 25.8 Å². The number of benzene rings is 1. The van der Waals surface area contributed by atoms with Crippen LogP contribution in [0.25, 0.3) is 10.8 Å². The first-order chi connectivity index (χ1) is 13.9. The van der Waals surface area contributed by atoms with Gasteiger partial charge in [0, 0.05) is 18.5 Å². The quantitative estimate of drug-likeness (QED) is 0.741. The van der Waals surface area contributed by atoms with E-state index in [0.717, 1.165) is 30.4 Å².